The van der Waals surface area contributed by atoms with Gasteiger partial charge in [-0.15, -0.1) is 5.10 Å². The van der Waals surface area contributed by atoms with Gasteiger partial charge in [0.1, 0.15) is 5.75 Å². The van der Waals surface area contributed by atoms with Gasteiger partial charge < -0.3 is 4.74 Å². The van der Waals surface area contributed by atoms with Crippen molar-refractivity contribution in [2.45, 2.75) is 0 Å². The predicted molar refractivity (Wildman–Crippen MR) is 94.3 cm³/mol. The molecule has 3 rings (SSSR count). The smallest absolute Gasteiger partial charge is 0.291 e. The summed E-state index contributed by atoms with van der Waals surface area (Å²) in [6.07, 6.45) is 1.30. The summed E-state index contributed by atoms with van der Waals surface area (Å²) in [5, 5.41) is 8.53. The first-order valence-corrected chi connectivity index (χ1v) is 7.88. The summed E-state index contributed by atoms with van der Waals surface area (Å²) in [4.78, 5) is 25.7. The number of methoxy groups -OCH3 is 1. The Labute approximate surface area is 153 Å². The van der Waals surface area contributed by atoms with E-state index in [2.05, 4.69) is 21.0 Å². The monoisotopic (exact) mass is 371 g/mol. The number of rotatable bonds is 4. The molecule has 26 heavy (non-hydrogen) atoms. The quantitative estimate of drug-likeness (QED) is 0.683. The van der Waals surface area contributed by atoms with Crippen LogP contribution < -0.4 is 15.6 Å². The number of amides is 2. The lowest BCUT2D eigenvalue weighted by Gasteiger charge is -2.09. The molecule has 9 heteroatoms. The lowest BCUT2D eigenvalue weighted by Crippen LogP contribution is -2.42. The molecule has 0 spiro atoms. The number of nitrogens with zero attached hydrogens (tertiary/aromatic N) is 3. The van der Waals surface area contributed by atoms with Gasteiger partial charge in [-0.2, -0.15) is 9.90 Å². The summed E-state index contributed by atoms with van der Waals surface area (Å²) in [6, 6.07) is 13.7. The van der Waals surface area contributed by atoms with Crippen molar-refractivity contribution in [3.05, 3.63) is 71.0 Å². The average molecular weight is 372 g/mol. The van der Waals surface area contributed by atoms with Crippen LogP contribution >= 0.6 is 11.6 Å². The van der Waals surface area contributed by atoms with Crippen LogP contribution in [-0.4, -0.2) is 33.9 Å². The highest BCUT2D eigenvalue weighted by Gasteiger charge is 2.16. The highest BCUT2D eigenvalue weighted by molar-refractivity contribution is 6.30. The molecule has 2 aromatic carbocycles. The molecule has 0 aliphatic heterocycles. The summed E-state index contributed by atoms with van der Waals surface area (Å²) in [7, 11) is 1.42. The summed E-state index contributed by atoms with van der Waals surface area (Å²) in [6.45, 7) is 0. The fourth-order valence-corrected chi connectivity index (χ4v) is 2.31. The molecule has 1 heterocycles. The van der Waals surface area contributed by atoms with Crippen LogP contribution in [0.3, 0.4) is 0 Å². The Morgan fingerprint density at radius 3 is 2.54 bits per heavy atom. The zero-order valence-corrected chi connectivity index (χ0v) is 14.4. The van der Waals surface area contributed by atoms with E-state index in [1.54, 1.807) is 18.2 Å². The number of para-hydroxylation sites is 1. The van der Waals surface area contributed by atoms with E-state index >= 15 is 0 Å². The number of nitrogens with one attached hydrogen (secondary N) is 2. The molecule has 8 nitrogen and oxygen atoms in total. The predicted octanol–water partition coefficient (Wildman–Crippen LogP) is 2.00. The molecule has 2 amide bonds. The van der Waals surface area contributed by atoms with E-state index < -0.39 is 11.8 Å². The van der Waals surface area contributed by atoms with Gasteiger partial charge in [-0.25, -0.2) is 0 Å². The topological polar surface area (TPSA) is 98.1 Å². The van der Waals surface area contributed by atoms with E-state index in [0.717, 1.165) is 0 Å². The molecule has 0 radical (unpaired) electrons. The normalized spacial score (nSPS) is 10.2. The van der Waals surface area contributed by atoms with E-state index in [-0.39, 0.29) is 11.3 Å². The van der Waals surface area contributed by atoms with Crippen LogP contribution in [0.5, 0.6) is 5.75 Å². The Bertz CT molecular complexity index is 943. The molecule has 2 N–H and O–H groups in total. The molecular weight excluding hydrogens is 358 g/mol. The first-order chi connectivity index (χ1) is 12.6. The van der Waals surface area contributed by atoms with Crippen molar-refractivity contribution in [1.29, 1.82) is 0 Å². The standard InChI is InChI=1S/C17H14ClN5O3/c1-26-15-9-11(18)7-8-13(15)16(24)20-21-17(25)14-10-19-23(22-14)12-5-3-2-4-6-12/h2-10H,1H3,(H,20,24)(H,21,25). The fraction of sp³-hybridized carbons (Fsp3) is 0.0588. The second-order valence-corrected chi connectivity index (χ2v) is 5.54. The van der Waals surface area contributed by atoms with Gasteiger partial charge in [0.15, 0.2) is 5.69 Å². The van der Waals surface area contributed by atoms with Gasteiger partial charge in [0.2, 0.25) is 0 Å². The second kappa shape index (κ2) is 7.66. The Morgan fingerprint density at radius 1 is 1.08 bits per heavy atom. The number of aromatic nitrogens is 3. The first-order valence-electron chi connectivity index (χ1n) is 7.50. The third kappa shape index (κ3) is 3.81. The number of hydrogen-bond donors (Lipinski definition) is 2. The van der Waals surface area contributed by atoms with Crippen molar-refractivity contribution < 1.29 is 14.3 Å². The lowest BCUT2D eigenvalue weighted by atomic mass is 10.2. The minimum absolute atomic E-state index is 0.0530. The maximum Gasteiger partial charge on any atom is 0.291 e. The molecule has 0 saturated carbocycles. The molecule has 0 aliphatic carbocycles. The van der Waals surface area contributed by atoms with Crippen LogP contribution in [0.1, 0.15) is 20.8 Å². The molecule has 0 atom stereocenters. The van der Waals surface area contributed by atoms with Crippen molar-refractivity contribution in [3.63, 3.8) is 0 Å². The van der Waals surface area contributed by atoms with Gasteiger partial charge in [0.05, 0.1) is 24.6 Å². The van der Waals surface area contributed by atoms with Crippen molar-refractivity contribution in [1.82, 2.24) is 25.8 Å². The zero-order valence-electron chi connectivity index (χ0n) is 13.6. The summed E-state index contributed by atoms with van der Waals surface area (Å²) < 4.78 is 5.11. The molecule has 3 aromatic rings. The van der Waals surface area contributed by atoms with E-state index in [0.29, 0.717) is 16.5 Å². The van der Waals surface area contributed by atoms with Crippen molar-refractivity contribution in [2.24, 2.45) is 0 Å². The Balaban J connectivity index is 1.66. The highest BCUT2D eigenvalue weighted by Crippen LogP contribution is 2.22. The van der Waals surface area contributed by atoms with Crippen LogP contribution in [-0.2, 0) is 0 Å². The Kier molecular flexibility index (Phi) is 5.14. The maximum atomic E-state index is 12.2. The SMILES string of the molecule is COc1cc(Cl)ccc1C(=O)NNC(=O)c1cnn(-c2ccccc2)n1. The molecule has 0 fully saturated rings. The van der Waals surface area contributed by atoms with Gasteiger partial charge in [0.25, 0.3) is 11.8 Å². The Hall–Kier alpha value is -3.39. The highest BCUT2D eigenvalue weighted by atomic mass is 35.5. The van der Waals surface area contributed by atoms with Crippen molar-refractivity contribution in [2.75, 3.05) is 7.11 Å². The van der Waals surface area contributed by atoms with Gasteiger partial charge in [0, 0.05) is 5.02 Å². The number of benzene rings is 2. The number of hydrazine groups is 1. The van der Waals surface area contributed by atoms with E-state index in [4.69, 9.17) is 16.3 Å². The third-order valence-electron chi connectivity index (χ3n) is 3.41. The minimum atomic E-state index is -0.603. The van der Waals surface area contributed by atoms with Crippen molar-refractivity contribution in [3.8, 4) is 11.4 Å². The summed E-state index contributed by atoms with van der Waals surface area (Å²) in [5.41, 5.74) is 5.58. The minimum Gasteiger partial charge on any atom is -0.496 e. The molecule has 132 valence electrons. The van der Waals surface area contributed by atoms with Gasteiger partial charge in [-0.05, 0) is 30.3 Å². The first kappa shape index (κ1) is 17.4. The maximum absolute atomic E-state index is 12.2. The van der Waals surface area contributed by atoms with Crippen LogP contribution in [0.15, 0.2) is 54.7 Å². The molecule has 0 aliphatic rings. The van der Waals surface area contributed by atoms with E-state index in [1.165, 1.54) is 30.2 Å². The number of hydrogen-bond acceptors (Lipinski definition) is 5. The molecule has 0 saturated heterocycles. The van der Waals surface area contributed by atoms with E-state index in [1.807, 2.05) is 18.2 Å². The second-order valence-electron chi connectivity index (χ2n) is 5.11. The Morgan fingerprint density at radius 2 is 1.81 bits per heavy atom. The van der Waals surface area contributed by atoms with Gasteiger partial charge in [-0.1, -0.05) is 29.8 Å². The molecular formula is C17H14ClN5O3. The van der Waals surface area contributed by atoms with Crippen LogP contribution in [0.4, 0.5) is 0 Å². The van der Waals surface area contributed by atoms with Crippen LogP contribution in [0.25, 0.3) is 5.69 Å². The largest absolute Gasteiger partial charge is 0.496 e. The average Bonchev–Trinajstić information content (AvgIpc) is 3.16. The number of halogens is 1. The number of ether oxygens (including phenoxy) is 1. The van der Waals surface area contributed by atoms with Gasteiger partial charge in [-0.3, -0.25) is 20.4 Å². The lowest BCUT2D eigenvalue weighted by molar-refractivity contribution is 0.0842. The van der Waals surface area contributed by atoms with Gasteiger partial charge >= 0.3 is 0 Å². The summed E-state index contributed by atoms with van der Waals surface area (Å²) >= 11 is 5.86. The van der Waals surface area contributed by atoms with Crippen LogP contribution in [0, 0.1) is 0 Å². The number of carbonyl (C=O) groups is 2. The number of carbonyl (C=O) groups excluding carboxylic acids is 2. The molecule has 0 unspecified atom stereocenters. The van der Waals surface area contributed by atoms with Crippen LogP contribution in [0.2, 0.25) is 5.02 Å². The molecule has 1 aromatic heterocycles. The van der Waals surface area contributed by atoms with Crippen molar-refractivity contribution >= 4 is 23.4 Å². The molecule has 0 bridgehead atoms. The fourth-order valence-electron chi connectivity index (χ4n) is 2.15. The summed E-state index contributed by atoms with van der Waals surface area (Å²) in [5.74, 6) is -0.866. The third-order valence-corrected chi connectivity index (χ3v) is 3.64. The zero-order chi connectivity index (χ0) is 18.5. The van der Waals surface area contributed by atoms with E-state index in [9.17, 15) is 9.59 Å².